The molecule has 0 saturated carbocycles. The predicted molar refractivity (Wildman–Crippen MR) is 75.9 cm³/mol. The molecule has 2 rings (SSSR count). The summed E-state index contributed by atoms with van der Waals surface area (Å²) >= 11 is 11.9. The number of aromatic nitrogens is 2. The van der Waals surface area contributed by atoms with Gasteiger partial charge in [0.05, 0.1) is 13.0 Å². The molecule has 0 aliphatic carbocycles. The van der Waals surface area contributed by atoms with Gasteiger partial charge in [0.25, 0.3) is 5.82 Å². The molecular weight excluding hydrogens is 358 g/mol. The summed E-state index contributed by atoms with van der Waals surface area (Å²) in [5.41, 5.74) is 0.439. The summed E-state index contributed by atoms with van der Waals surface area (Å²) in [4.78, 5) is 16.5. The van der Waals surface area contributed by atoms with Crippen LogP contribution in [0.1, 0.15) is 17.3 Å². The molecule has 0 radical (unpaired) electrons. The molecule has 1 heterocycles. The number of rotatable bonds is 4. The molecule has 124 valence electrons. The zero-order valence-electron chi connectivity index (χ0n) is 11.7. The van der Waals surface area contributed by atoms with Crippen LogP contribution in [-0.2, 0) is 23.9 Å². The Labute approximate surface area is 139 Å². The Morgan fingerprint density at radius 3 is 2.43 bits per heavy atom. The van der Waals surface area contributed by atoms with E-state index >= 15 is 0 Å². The lowest BCUT2D eigenvalue weighted by molar-refractivity contribution is -0.146. The van der Waals surface area contributed by atoms with E-state index in [1.807, 2.05) is 0 Å². The number of alkyl halides is 3. The topological polar surface area (TPSA) is 59.2 Å². The fourth-order valence-corrected chi connectivity index (χ4v) is 2.24. The number of amides is 1. The van der Waals surface area contributed by atoms with Gasteiger partial charge in [-0.05, 0) is 17.7 Å². The predicted octanol–water partition coefficient (Wildman–Crippen LogP) is 3.60. The Morgan fingerprint density at radius 1 is 1.30 bits per heavy atom. The lowest BCUT2D eigenvalue weighted by Gasteiger charge is -2.15. The number of likely N-dealkylation sites (N-methyl/N-ethyl adjacent to an activating group) is 1. The second kappa shape index (κ2) is 6.76. The van der Waals surface area contributed by atoms with Crippen LogP contribution in [0.4, 0.5) is 13.2 Å². The molecule has 5 nitrogen and oxygen atoms in total. The minimum absolute atomic E-state index is 0.102. The van der Waals surface area contributed by atoms with Gasteiger partial charge in [-0.25, -0.2) is 0 Å². The number of hydrogen-bond acceptors (Lipinski definition) is 4. The van der Waals surface area contributed by atoms with Crippen LogP contribution in [-0.4, -0.2) is 28.0 Å². The highest BCUT2D eigenvalue weighted by atomic mass is 35.5. The summed E-state index contributed by atoms with van der Waals surface area (Å²) in [6, 6.07) is 4.81. The molecule has 0 aliphatic heterocycles. The third kappa shape index (κ3) is 4.35. The first-order valence-corrected chi connectivity index (χ1v) is 7.00. The molecule has 0 fully saturated rings. The highest BCUT2D eigenvalue weighted by molar-refractivity contribution is 6.36. The van der Waals surface area contributed by atoms with Gasteiger partial charge in [-0.2, -0.15) is 18.2 Å². The van der Waals surface area contributed by atoms with Gasteiger partial charge in [0.1, 0.15) is 0 Å². The maximum absolute atomic E-state index is 12.4. The smallest absolute Gasteiger partial charge is 0.337 e. The monoisotopic (exact) mass is 367 g/mol. The Bertz CT molecular complexity index is 698. The number of carbonyl (C=O) groups excluding carboxylic acids is 1. The van der Waals surface area contributed by atoms with E-state index in [1.165, 1.54) is 7.05 Å². The number of hydrogen-bond donors (Lipinski definition) is 0. The van der Waals surface area contributed by atoms with E-state index in [9.17, 15) is 18.0 Å². The Morgan fingerprint density at radius 2 is 1.91 bits per heavy atom. The second-order valence-corrected chi connectivity index (χ2v) is 5.45. The van der Waals surface area contributed by atoms with Crippen molar-refractivity contribution < 1.29 is 22.5 Å². The van der Waals surface area contributed by atoms with Crippen molar-refractivity contribution in [2.75, 3.05) is 7.05 Å². The molecule has 2 aromatic rings. The third-order valence-corrected chi connectivity index (χ3v) is 3.62. The maximum Gasteiger partial charge on any atom is 0.455 e. The molecule has 0 saturated heterocycles. The molecule has 10 heteroatoms. The highest BCUT2D eigenvalue weighted by Gasteiger charge is 2.37. The van der Waals surface area contributed by atoms with Crippen molar-refractivity contribution in [1.82, 2.24) is 15.0 Å². The van der Waals surface area contributed by atoms with Crippen molar-refractivity contribution in [3.8, 4) is 0 Å². The van der Waals surface area contributed by atoms with Gasteiger partial charge < -0.3 is 9.42 Å². The third-order valence-electron chi connectivity index (χ3n) is 2.91. The van der Waals surface area contributed by atoms with Crippen molar-refractivity contribution in [2.24, 2.45) is 0 Å². The molecule has 0 N–H and O–H groups in total. The van der Waals surface area contributed by atoms with Crippen molar-refractivity contribution in [3.05, 3.63) is 45.5 Å². The fourth-order valence-electron chi connectivity index (χ4n) is 1.71. The van der Waals surface area contributed by atoms with Gasteiger partial charge in [0, 0.05) is 17.1 Å². The van der Waals surface area contributed by atoms with Gasteiger partial charge in [-0.15, -0.1) is 0 Å². The van der Waals surface area contributed by atoms with E-state index < -0.39 is 17.9 Å². The van der Waals surface area contributed by atoms with Gasteiger partial charge in [-0.1, -0.05) is 34.4 Å². The SMILES string of the molecule is CN(Cc1nc(C(F)(F)F)no1)C(=O)Cc1c(Cl)cccc1Cl. The first kappa shape index (κ1) is 17.6. The maximum atomic E-state index is 12.4. The van der Waals surface area contributed by atoms with Crippen LogP contribution in [0.5, 0.6) is 0 Å². The number of nitrogens with zero attached hydrogens (tertiary/aromatic N) is 3. The normalized spacial score (nSPS) is 11.6. The quantitative estimate of drug-likeness (QED) is 0.828. The van der Waals surface area contributed by atoms with Crippen LogP contribution in [0.15, 0.2) is 22.7 Å². The van der Waals surface area contributed by atoms with Crippen molar-refractivity contribution in [3.63, 3.8) is 0 Å². The average molecular weight is 368 g/mol. The number of halogens is 5. The zero-order chi connectivity index (χ0) is 17.2. The van der Waals surface area contributed by atoms with Gasteiger partial charge in [0.2, 0.25) is 11.8 Å². The molecule has 0 unspecified atom stereocenters. The van der Waals surface area contributed by atoms with Crippen molar-refractivity contribution in [1.29, 1.82) is 0 Å². The van der Waals surface area contributed by atoms with E-state index in [0.29, 0.717) is 15.6 Å². The molecule has 0 spiro atoms. The first-order valence-electron chi connectivity index (χ1n) is 6.25. The molecule has 1 amide bonds. The van der Waals surface area contributed by atoms with Crippen LogP contribution in [0.2, 0.25) is 10.0 Å². The van der Waals surface area contributed by atoms with E-state index in [4.69, 9.17) is 23.2 Å². The zero-order valence-corrected chi connectivity index (χ0v) is 13.2. The molecule has 0 aliphatic rings. The number of benzene rings is 1. The van der Waals surface area contributed by atoms with Gasteiger partial charge >= 0.3 is 6.18 Å². The lowest BCUT2D eigenvalue weighted by atomic mass is 10.1. The van der Waals surface area contributed by atoms with Crippen LogP contribution in [0, 0.1) is 0 Å². The van der Waals surface area contributed by atoms with Gasteiger partial charge in [-0.3, -0.25) is 4.79 Å². The number of carbonyl (C=O) groups is 1. The first-order chi connectivity index (χ1) is 10.7. The molecule has 1 aromatic carbocycles. The largest absolute Gasteiger partial charge is 0.455 e. The van der Waals surface area contributed by atoms with E-state index in [2.05, 4.69) is 14.7 Å². The molecular formula is C13H10Cl2F3N3O2. The van der Waals surface area contributed by atoms with E-state index in [1.54, 1.807) is 18.2 Å². The summed E-state index contributed by atoms with van der Waals surface area (Å²) in [5, 5.41) is 3.48. The van der Waals surface area contributed by atoms with E-state index in [0.717, 1.165) is 4.90 Å². The van der Waals surface area contributed by atoms with Crippen LogP contribution in [0.25, 0.3) is 0 Å². The summed E-state index contributed by atoms with van der Waals surface area (Å²) in [5.74, 6) is -2.12. The molecule has 23 heavy (non-hydrogen) atoms. The molecule has 0 atom stereocenters. The summed E-state index contributed by atoms with van der Waals surface area (Å²) in [6.45, 7) is -0.260. The average Bonchev–Trinajstić information content (AvgIpc) is 2.91. The van der Waals surface area contributed by atoms with Crippen LogP contribution >= 0.6 is 23.2 Å². The highest BCUT2D eigenvalue weighted by Crippen LogP contribution is 2.27. The second-order valence-electron chi connectivity index (χ2n) is 4.64. The van der Waals surface area contributed by atoms with Crippen molar-refractivity contribution in [2.45, 2.75) is 19.1 Å². The molecule has 0 bridgehead atoms. The standard InChI is InChI=1S/C13H10Cl2F3N3O2/c1-21(6-10-19-12(20-23-10)13(16,17)18)11(22)5-7-8(14)3-2-4-9(7)15/h2-4H,5-6H2,1H3. The molecule has 1 aromatic heterocycles. The van der Waals surface area contributed by atoms with Crippen LogP contribution < -0.4 is 0 Å². The minimum Gasteiger partial charge on any atom is -0.337 e. The van der Waals surface area contributed by atoms with Crippen LogP contribution in [0.3, 0.4) is 0 Å². The summed E-state index contributed by atoms with van der Waals surface area (Å²) in [6.07, 6.45) is -4.80. The lowest BCUT2D eigenvalue weighted by Crippen LogP contribution is -2.28. The fraction of sp³-hybridized carbons (Fsp3) is 0.308. The summed E-state index contributed by atoms with van der Waals surface area (Å²) < 4.78 is 41.6. The minimum atomic E-state index is -4.70. The Hall–Kier alpha value is -1.80. The Kier molecular flexibility index (Phi) is 5.16. The van der Waals surface area contributed by atoms with Crippen molar-refractivity contribution >= 4 is 29.1 Å². The Balaban J connectivity index is 2.04. The van der Waals surface area contributed by atoms with Gasteiger partial charge in [0.15, 0.2) is 0 Å². The van der Waals surface area contributed by atoms with E-state index in [-0.39, 0.29) is 18.9 Å². The summed E-state index contributed by atoms with van der Waals surface area (Å²) in [7, 11) is 1.39.